The summed E-state index contributed by atoms with van der Waals surface area (Å²) in [5, 5.41) is 42.4. The molecule has 0 fully saturated rings. The second-order valence-electron chi connectivity index (χ2n) is 3.54. The van der Waals surface area contributed by atoms with E-state index in [4.69, 9.17) is 25.5 Å². The first-order valence-corrected chi connectivity index (χ1v) is 5.32. The number of hydrogen-bond donors (Lipinski definition) is 5. The van der Waals surface area contributed by atoms with Gasteiger partial charge < -0.3 is 30.3 Å². The first-order valence-electron chi connectivity index (χ1n) is 5.32. The zero-order chi connectivity index (χ0) is 14.8. The molecular weight excluding hydrogens is 256 g/mol. The molecule has 0 aliphatic rings. The summed E-state index contributed by atoms with van der Waals surface area (Å²) < 4.78 is 0. The molecule has 0 heterocycles. The van der Waals surface area contributed by atoms with Crippen LogP contribution in [0.5, 0.6) is 0 Å². The summed E-state index contributed by atoms with van der Waals surface area (Å²) in [6.07, 6.45) is -4.63. The van der Waals surface area contributed by atoms with Gasteiger partial charge in [0.05, 0.1) is 12.2 Å². The van der Waals surface area contributed by atoms with Crippen LogP contribution in [0, 0.1) is 0 Å². The van der Waals surface area contributed by atoms with Gasteiger partial charge in [-0.1, -0.05) is 18.2 Å². The van der Waals surface area contributed by atoms with Gasteiger partial charge in [-0.25, -0.2) is 4.79 Å². The van der Waals surface area contributed by atoms with Crippen molar-refractivity contribution >= 4 is 12.3 Å². The molecule has 1 aromatic carbocycles. The normalized spacial score (nSPS) is 14.5. The summed E-state index contributed by atoms with van der Waals surface area (Å²) in [6.45, 7) is -0.688. The average molecular weight is 272 g/mol. The number of carbonyl (C=O) groups excluding carboxylic acids is 1. The van der Waals surface area contributed by atoms with Crippen LogP contribution in [0.1, 0.15) is 10.4 Å². The zero-order valence-electron chi connectivity index (χ0n) is 9.96. The fraction of sp³-hybridized carbons (Fsp3) is 0.333. The van der Waals surface area contributed by atoms with E-state index in [1.54, 1.807) is 30.3 Å². The van der Waals surface area contributed by atoms with E-state index in [-0.39, 0.29) is 6.29 Å². The summed E-state index contributed by atoms with van der Waals surface area (Å²) in [7, 11) is 0. The summed E-state index contributed by atoms with van der Waals surface area (Å²) >= 11 is 0. The predicted octanol–water partition coefficient (Wildman–Crippen LogP) is -1.35. The van der Waals surface area contributed by atoms with E-state index in [1.807, 2.05) is 0 Å². The largest absolute Gasteiger partial charge is 0.478 e. The summed E-state index contributed by atoms with van der Waals surface area (Å²) in [5.41, 5.74) is 0.331. The van der Waals surface area contributed by atoms with Gasteiger partial charge in [0, 0.05) is 0 Å². The monoisotopic (exact) mass is 272 g/mol. The molecule has 3 atom stereocenters. The maximum absolute atomic E-state index is 10.2. The van der Waals surface area contributed by atoms with E-state index in [1.165, 1.54) is 0 Å². The van der Waals surface area contributed by atoms with E-state index in [0.29, 0.717) is 5.56 Å². The van der Waals surface area contributed by atoms with E-state index in [2.05, 4.69) is 0 Å². The van der Waals surface area contributed by atoms with Gasteiger partial charge in [-0.2, -0.15) is 0 Å². The van der Waals surface area contributed by atoms with Crippen LogP contribution in [0.4, 0.5) is 0 Å². The summed E-state index contributed by atoms with van der Waals surface area (Å²) in [4.78, 5) is 20.0. The van der Waals surface area contributed by atoms with Crippen LogP contribution in [0.2, 0.25) is 0 Å². The summed E-state index contributed by atoms with van der Waals surface area (Å²) in [5.74, 6) is -0.879. The molecule has 0 saturated carbocycles. The van der Waals surface area contributed by atoms with E-state index < -0.39 is 30.9 Å². The van der Waals surface area contributed by atoms with Crippen LogP contribution in [-0.4, -0.2) is 62.7 Å². The minimum absolute atomic E-state index is 0.0869. The molecule has 7 heteroatoms. The molecule has 0 saturated heterocycles. The molecule has 0 bridgehead atoms. The third-order valence-electron chi connectivity index (χ3n) is 2.09. The van der Waals surface area contributed by atoms with Crippen molar-refractivity contribution in [1.82, 2.24) is 0 Å². The number of rotatable bonds is 5. The minimum Gasteiger partial charge on any atom is -0.478 e. The highest BCUT2D eigenvalue weighted by Crippen LogP contribution is 1.96. The highest BCUT2D eigenvalue weighted by Gasteiger charge is 2.22. The molecule has 0 amide bonds. The van der Waals surface area contributed by atoms with Crippen molar-refractivity contribution in [3.05, 3.63) is 35.9 Å². The molecule has 0 aliphatic heterocycles. The van der Waals surface area contributed by atoms with Crippen molar-refractivity contribution in [2.75, 3.05) is 6.61 Å². The molecule has 0 radical (unpaired) electrons. The number of carbonyl (C=O) groups is 2. The SMILES string of the molecule is O=C(O)c1ccccc1.O=CC(O)C(O)C(O)CO. The van der Waals surface area contributed by atoms with Crippen molar-refractivity contribution in [2.45, 2.75) is 18.3 Å². The predicted molar refractivity (Wildman–Crippen MR) is 64.6 cm³/mol. The Hall–Kier alpha value is -1.80. The molecule has 0 aromatic heterocycles. The third kappa shape index (κ3) is 6.63. The van der Waals surface area contributed by atoms with Gasteiger partial charge >= 0.3 is 5.97 Å². The van der Waals surface area contributed by atoms with Crippen LogP contribution in [0.15, 0.2) is 30.3 Å². The number of carboxylic acid groups (broad SMARTS) is 1. The Balaban J connectivity index is 0.000000342. The van der Waals surface area contributed by atoms with Crippen LogP contribution in [0.3, 0.4) is 0 Å². The summed E-state index contributed by atoms with van der Waals surface area (Å²) in [6, 6.07) is 8.30. The Morgan fingerprint density at radius 3 is 2.00 bits per heavy atom. The standard InChI is InChI=1S/C7H6O2.C5H10O5/c8-7(9)6-4-2-1-3-5-6;6-1-3(8)5(10)4(9)2-7/h1-5H,(H,8,9);1,3-5,7-10H,2H2. The van der Waals surface area contributed by atoms with Gasteiger partial charge in [0.2, 0.25) is 0 Å². The van der Waals surface area contributed by atoms with E-state index in [9.17, 15) is 9.59 Å². The first-order chi connectivity index (χ1) is 8.93. The van der Waals surface area contributed by atoms with Crippen molar-refractivity contribution in [3.63, 3.8) is 0 Å². The number of aliphatic hydroxyl groups is 4. The van der Waals surface area contributed by atoms with Gasteiger partial charge in [-0.3, -0.25) is 0 Å². The highest BCUT2D eigenvalue weighted by atomic mass is 16.4. The van der Waals surface area contributed by atoms with Crippen LogP contribution >= 0.6 is 0 Å². The Labute approximate surface area is 109 Å². The van der Waals surface area contributed by atoms with E-state index in [0.717, 1.165) is 0 Å². The fourth-order valence-electron chi connectivity index (χ4n) is 0.997. The second-order valence-corrected chi connectivity index (χ2v) is 3.54. The molecule has 106 valence electrons. The molecule has 7 nitrogen and oxygen atoms in total. The maximum atomic E-state index is 10.2. The van der Waals surface area contributed by atoms with E-state index >= 15 is 0 Å². The number of hydrogen-bond acceptors (Lipinski definition) is 6. The Bertz CT molecular complexity index is 379. The lowest BCUT2D eigenvalue weighted by atomic mass is 10.1. The molecule has 0 spiro atoms. The maximum Gasteiger partial charge on any atom is 0.335 e. The average Bonchev–Trinajstić information content (AvgIpc) is 2.46. The van der Waals surface area contributed by atoms with Gasteiger partial charge in [-0.05, 0) is 12.1 Å². The second kappa shape index (κ2) is 9.17. The highest BCUT2D eigenvalue weighted by molar-refractivity contribution is 5.87. The smallest absolute Gasteiger partial charge is 0.335 e. The number of aromatic carboxylic acids is 1. The van der Waals surface area contributed by atoms with Crippen molar-refractivity contribution in [2.24, 2.45) is 0 Å². The number of aliphatic hydroxyl groups excluding tert-OH is 4. The van der Waals surface area contributed by atoms with Gasteiger partial charge in [0.1, 0.15) is 18.3 Å². The molecule has 3 unspecified atom stereocenters. The zero-order valence-corrected chi connectivity index (χ0v) is 9.96. The van der Waals surface area contributed by atoms with Gasteiger partial charge in [0.25, 0.3) is 0 Å². The number of aldehydes is 1. The van der Waals surface area contributed by atoms with Gasteiger partial charge in [0.15, 0.2) is 6.29 Å². The van der Waals surface area contributed by atoms with Crippen LogP contribution < -0.4 is 0 Å². The lowest BCUT2D eigenvalue weighted by Gasteiger charge is -2.16. The van der Waals surface area contributed by atoms with Crippen molar-refractivity contribution < 1.29 is 35.1 Å². The molecule has 0 aliphatic carbocycles. The lowest BCUT2D eigenvalue weighted by Crippen LogP contribution is -2.40. The fourth-order valence-corrected chi connectivity index (χ4v) is 0.997. The Morgan fingerprint density at radius 2 is 1.68 bits per heavy atom. The number of benzene rings is 1. The van der Waals surface area contributed by atoms with Crippen molar-refractivity contribution in [3.8, 4) is 0 Å². The van der Waals surface area contributed by atoms with Crippen LogP contribution in [-0.2, 0) is 4.79 Å². The topological polar surface area (TPSA) is 135 Å². The first kappa shape index (κ1) is 17.2. The Kier molecular flexibility index (Phi) is 8.30. The van der Waals surface area contributed by atoms with Crippen LogP contribution in [0.25, 0.3) is 0 Å². The third-order valence-corrected chi connectivity index (χ3v) is 2.09. The molecule has 1 rings (SSSR count). The molecule has 1 aromatic rings. The number of carboxylic acids is 1. The van der Waals surface area contributed by atoms with Gasteiger partial charge in [-0.15, -0.1) is 0 Å². The minimum atomic E-state index is -1.64. The molecule has 19 heavy (non-hydrogen) atoms. The quantitative estimate of drug-likeness (QED) is 0.418. The lowest BCUT2D eigenvalue weighted by molar-refractivity contribution is -0.127. The molecule has 5 N–H and O–H groups in total. The van der Waals surface area contributed by atoms with Crippen molar-refractivity contribution in [1.29, 1.82) is 0 Å². The Morgan fingerprint density at radius 1 is 1.16 bits per heavy atom. The molecular formula is C12H16O7.